The van der Waals surface area contributed by atoms with Crippen LogP contribution in [0, 0.1) is 17.3 Å². The lowest BCUT2D eigenvalue weighted by molar-refractivity contribution is -0.143. The Balaban J connectivity index is -0.000000199. The van der Waals surface area contributed by atoms with E-state index in [2.05, 4.69) is 178 Å². The van der Waals surface area contributed by atoms with E-state index in [1.54, 1.807) is 0 Å². The molecule has 0 bridgehead atoms. The monoisotopic (exact) mass is 1110 g/mol. The zero-order valence-electron chi connectivity index (χ0n) is 60.2. The Hall–Kier alpha value is -1.06. The van der Waals surface area contributed by atoms with Gasteiger partial charge in [-0.3, -0.25) is 14.7 Å². The Morgan fingerprint density at radius 1 is 0.436 bits per heavy atom. The predicted octanol–water partition coefficient (Wildman–Crippen LogP) is 19.8. The highest BCUT2D eigenvalue weighted by Crippen LogP contribution is 2.42. The van der Waals surface area contributed by atoms with Crippen molar-refractivity contribution in [3.63, 3.8) is 0 Å². The van der Waals surface area contributed by atoms with Crippen LogP contribution in [0.15, 0.2) is 30.3 Å². The van der Waals surface area contributed by atoms with Crippen molar-refractivity contribution in [1.29, 1.82) is 0 Å². The van der Waals surface area contributed by atoms with Gasteiger partial charge in [-0.25, -0.2) is 0 Å². The van der Waals surface area contributed by atoms with Crippen LogP contribution >= 0.6 is 0 Å². The van der Waals surface area contributed by atoms with E-state index in [4.69, 9.17) is 4.74 Å². The molecular weight excluding hydrogens is 953 g/mol. The number of piperazine rings is 1. The van der Waals surface area contributed by atoms with Crippen molar-refractivity contribution in [2.24, 2.45) is 17.3 Å². The number of benzene rings is 1. The average molecular weight is 1110 g/mol. The molecule has 0 amide bonds. The maximum Gasteiger partial charge on any atom is 0.0833 e. The van der Waals surface area contributed by atoms with Crippen molar-refractivity contribution >= 4 is 0 Å². The highest BCUT2D eigenvalue weighted by molar-refractivity contribution is 5.17. The van der Waals surface area contributed by atoms with Gasteiger partial charge in [0.05, 0.1) is 12.2 Å². The highest BCUT2D eigenvalue weighted by atomic mass is 16.5. The highest BCUT2D eigenvalue weighted by Gasteiger charge is 2.41. The van der Waals surface area contributed by atoms with Crippen LogP contribution in [0.1, 0.15) is 291 Å². The number of ether oxygens (including phenoxy) is 1. The van der Waals surface area contributed by atoms with Gasteiger partial charge in [0, 0.05) is 82.1 Å². The fraction of sp³-hybridized carbons (Fsp3) is 0.915. The first-order valence-electron chi connectivity index (χ1n) is 34.3. The first-order valence-corrected chi connectivity index (χ1v) is 34.3. The molecule has 1 atom stereocenters. The van der Waals surface area contributed by atoms with Gasteiger partial charge in [-0.05, 0) is 182 Å². The minimum Gasteiger partial charge on any atom is -0.372 e. The van der Waals surface area contributed by atoms with Crippen LogP contribution in [0.5, 0.6) is 0 Å². The summed E-state index contributed by atoms with van der Waals surface area (Å²) < 4.78 is 6.15. The van der Waals surface area contributed by atoms with Crippen molar-refractivity contribution in [2.75, 3.05) is 85.1 Å². The number of fused-ring (bicyclic) bond motifs is 1. The van der Waals surface area contributed by atoms with Crippen LogP contribution in [0.25, 0.3) is 0 Å². The molecule has 6 fully saturated rings. The molecule has 474 valence electrons. The fourth-order valence-electron chi connectivity index (χ4n) is 9.92. The molecule has 1 unspecified atom stereocenters. The Kier molecular flexibility index (Phi) is 63.8. The molecule has 7 rings (SSSR count). The van der Waals surface area contributed by atoms with Crippen LogP contribution in [0.3, 0.4) is 0 Å². The third-order valence-electron chi connectivity index (χ3n) is 15.3. The summed E-state index contributed by atoms with van der Waals surface area (Å²) in [5.41, 5.74) is 2.28. The van der Waals surface area contributed by atoms with Gasteiger partial charge in [0.1, 0.15) is 0 Å². The molecule has 0 N–H and O–H groups in total. The molecule has 0 radical (unpaired) electrons. The lowest BCUT2D eigenvalue weighted by Crippen LogP contribution is -2.58. The number of hydrogen-bond acceptors (Lipinski definition) is 7. The van der Waals surface area contributed by atoms with Crippen molar-refractivity contribution in [2.45, 2.75) is 327 Å². The summed E-state index contributed by atoms with van der Waals surface area (Å²) >= 11 is 0. The maximum absolute atomic E-state index is 6.15. The molecule has 6 aliphatic rings. The van der Waals surface area contributed by atoms with Crippen LogP contribution in [0.4, 0.5) is 0 Å². The second kappa shape index (κ2) is 56.4. The van der Waals surface area contributed by atoms with Gasteiger partial charge in [0.15, 0.2) is 0 Å². The molecule has 1 aromatic rings. The van der Waals surface area contributed by atoms with E-state index in [9.17, 15) is 0 Å². The third-order valence-corrected chi connectivity index (χ3v) is 15.3. The molecule has 6 saturated heterocycles. The van der Waals surface area contributed by atoms with Gasteiger partial charge >= 0.3 is 0 Å². The smallest absolute Gasteiger partial charge is 0.0833 e. The van der Waals surface area contributed by atoms with Gasteiger partial charge < -0.3 is 19.4 Å². The largest absolute Gasteiger partial charge is 0.372 e. The van der Waals surface area contributed by atoms with Crippen LogP contribution < -0.4 is 0 Å². The van der Waals surface area contributed by atoms with Gasteiger partial charge in [-0.1, -0.05) is 189 Å². The van der Waals surface area contributed by atoms with E-state index in [0.29, 0.717) is 23.4 Å². The molecule has 7 heteroatoms. The first-order chi connectivity index (χ1) is 37.1. The molecule has 0 aliphatic carbocycles. The fourth-order valence-corrected chi connectivity index (χ4v) is 9.92. The van der Waals surface area contributed by atoms with Crippen molar-refractivity contribution in [3.8, 4) is 0 Å². The maximum atomic E-state index is 6.15. The van der Waals surface area contributed by atoms with E-state index < -0.39 is 0 Å². The molecule has 0 aromatic heterocycles. The molecule has 6 aliphatic heterocycles. The number of rotatable bonds is 7. The summed E-state index contributed by atoms with van der Waals surface area (Å²) in [7, 11) is 0. The minimum absolute atomic E-state index is 0.161. The van der Waals surface area contributed by atoms with Gasteiger partial charge in [-0.2, -0.15) is 0 Å². The van der Waals surface area contributed by atoms with Crippen LogP contribution in [0.2, 0.25) is 0 Å². The SMILES string of the molecule is CC.CC.CC.CC.CC.CC.CC.CC(C)C.CC(C)N1CCC2(CC1)CCN(C(C)C)CC2.CC(C)N1CCC2(CC1)CN(C(C)C)CCO2.CC(C)N1CCN2CCCC2C1.CC(C)c1ccccc1.CCC(C)C. The number of hydrogen-bond donors (Lipinski definition) is 0. The van der Waals surface area contributed by atoms with Gasteiger partial charge in [0.2, 0.25) is 0 Å². The molecule has 1 aromatic carbocycles. The summed E-state index contributed by atoms with van der Waals surface area (Å²) in [4.78, 5) is 15.7. The van der Waals surface area contributed by atoms with Crippen molar-refractivity contribution in [1.82, 2.24) is 29.4 Å². The standard InChI is InChI=1S/C15H30N2.C14H28N2O.C10H20N2.C9H12.C5H12.C4H10.7C2H6/c1-13(2)16-9-5-15(6-10-16)7-11-17(12-8-15)14(3)4;1-12(2)15-7-5-14(6-8-15)11-16(13(3)4)9-10-17-14;1-9(2)12-7-6-11-5-3-4-10(11)8-12;1-8(2)9-6-4-3-5-7-9;1-4-5(2)3;1-4(2)3;7*1-2/h13-14H,5-12H2,1-4H3;12-13H,5-11H2,1-4H3;9-10H,3-8H2,1-2H3;3-8H,1-2H3;5H,4H2,1-3H3;4H,1-3H3;7*1-2H3. The number of morpholine rings is 1. The third kappa shape index (κ3) is 41.0. The van der Waals surface area contributed by atoms with E-state index in [0.717, 1.165) is 55.7 Å². The van der Waals surface area contributed by atoms with Crippen LogP contribution in [-0.2, 0) is 4.74 Å². The molecule has 2 spiro atoms. The predicted molar refractivity (Wildman–Crippen MR) is 363 cm³/mol. The van der Waals surface area contributed by atoms with Gasteiger partial charge in [0.25, 0.3) is 0 Å². The zero-order chi connectivity index (χ0) is 62.0. The average Bonchev–Trinajstić information content (AvgIpc) is 3.94. The first kappa shape index (κ1) is 88.2. The normalized spacial score (nSPS) is 19.7. The lowest BCUT2D eigenvalue weighted by Gasteiger charge is -2.49. The summed E-state index contributed by atoms with van der Waals surface area (Å²) in [6.45, 7) is 84.8. The van der Waals surface area contributed by atoms with Gasteiger partial charge in [-0.15, -0.1) is 0 Å². The van der Waals surface area contributed by atoms with E-state index in [1.807, 2.05) is 103 Å². The lowest BCUT2D eigenvalue weighted by atomic mass is 9.71. The van der Waals surface area contributed by atoms with E-state index in [-0.39, 0.29) is 5.60 Å². The minimum atomic E-state index is 0.161. The number of likely N-dealkylation sites (tertiary alicyclic amines) is 3. The number of nitrogens with zero attached hydrogens (tertiary/aromatic N) is 6. The Morgan fingerprint density at radius 2 is 0.782 bits per heavy atom. The van der Waals surface area contributed by atoms with Crippen molar-refractivity contribution in [3.05, 3.63) is 35.9 Å². The van der Waals surface area contributed by atoms with E-state index >= 15 is 0 Å². The molecule has 0 saturated carbocycles. The zero-order valence-corrected chi connectivity index (χ0v) is 60.2. The quantitative estimate of drug-likeness (QED) is 0.269. The Morgan fingerprint density at radius 3 is 1.09 bits per heavy atom. The molecule has 6 heterocycles. The van der Waals surface area contributed by atoms with Crippen LogP contribution in [-0.4, -0.2) is 156 Å². The summed E-state index contributed by atoms with van der Waals surface area (Å²) in [5, 5.41) is 0. The molecule has 78 heavy (non-hydrogen) atoms. The second-order valence-corrected chi connectivity index (χ2v) is 23.5. The van der Waals surface area contributed by atoms with E-state index in [1.165, 1.54) is 129 Å². The molecule has 7 nitrogen and oxygen atoms in total. The number of piperidine rings is 3. The molecular formula is C71H154N6O. The Bertz CT molecular complexity index is 1240. The summed E-state index contributed by atoms with van der Waals surface area (Å²) in [6.07, 6.45) is 12.3. The second-order valence-electron chi connectivity index (χ2n) is 23.5. The summed E-state index contributed by atoms with van der Waals surface area (Å²) in [5.74, 6) is 2.38. The van der Waals surface area contributed by atoms with Crippen molar-refractivity contribution < 1.29 is 4.74 Å². The topological polar surface area (TPSA) is 28.7 Å². The summed E-state index contributed by atoms with van der Waals surface area (Å²) in [6, 6.07) is 15.0. The Labute approximate surface area is 497 Å².